The lowest BCUT2D eigenvalue weighted by molar-refractivity contribution is 0.112. The Morgan fingerprint density at radius 2 is 2.05 bits per heavy atom. The van der Waals surface area contributed by atoms with Crippen molar-refractivity contribution >= 4 is 23.9 Å². The zero-order valence-corrected chi connectivity index (χ0v) is 11.1. The van der Waals surface area contributed by atoms with Gasteiger partial charge in [0.1, 0.15) is 17.2 Å². The Morgan fingerprint density at radius 3 is 2.74 bits per heavy atom. The smallest absolute Gasteiger partial charge is 0.156 e. The second kappa shape index (κ2) is 6.70. The summed E-state index contributed by atoms with van der Waals surface area (Å²) < 4.78 is 0. The van der Waals surface area contributed by atoms with Crippen molar-refractivity contribution in [2.45, 2.75) is 9.92 Å². The molecule has 0 aliphatic rings. The van der Waals surface area contributed by atoms with Gasteiger partial charge in [-0.2, -0.15) is 0 Å². The van der Waals surface area contributed by atoms with E-state index in [-0.39, 0.29) is 0 Å². The van der Waals surface area contributed by atoms with Crippen molar-refractivity contribution in [3.05, 3.63) is 54.9 Å². The van der Waals surface area contributed by atoms with E-state index in [4.69, 9.17) is 0 Å². The number of nitrogens with one attached hydrogen (secondary N) is 1. The Kier molecular flexibility index (Phi) is 4.69. The standard InChI is InChI=1S/C14H13N3OS/c1-2-8-15-13-12(9-18)14(17-10-16-13)19-11-6-4-3-5-7-11/h2-7,9-10H,1,8H2,(H,15,16,17). The van der Waals surface area contributed by atoms with E-state index < -0.39 is 0 Å². The average molecular weight is 271 g/mol. The molecular weight excluding hydrogens is 258 g/mol. The van der Waals surface area contributed by atoms with Crippen molar-refractivity contribution < 1.29 is 4.79 Å². The van der Waals surface area contributed by atoms with E-state index in [1.807, 2.05) is 30.3 Å². The van der Waals surface area contributed by atoms with Crippen molar-refractivity contribution in [1.29, 1.82) is 0 Å². The second-order valence-corrected chi connectivity index (χ2v) is 4.71. The fourth-order valence-electron chi connectivity index (χ4n) is 1.48. The minimum atomic E-state index is 0.471. The number of carbonyl (C=O) groups is 1. The highest BCUT2D eigenvalue weighted by atomic mass is 32.2. The van der Waals surface area contributed by atoms with Crippen LogP contribution in [-0.2, 0) is 0 Å². The van der Waals surface area contributed by atoms with Crippen LogP contribution in [0.15, 0.2) is 59.2 Å². The summed E-state index contributed by atoms with van der Waals surface area (Å²) in [5.74, 6) is 0.531. The Hall–Kier alpha value is -2.14. The van der Waals surface area contributed by atoms with E-state index >= 15 is 0 Å². The van der Waals surface area contributed by atoms with Gasteiger partial charge in [0, 0.05) is 11.4 Å². The van der Waals surface area contributed by atoms with Crippen LogP contribution in [0.5, 0.6) is 0 Å². The maximum Gasteiger partial charge on any atom is 0.156 e. The molecule has 1 heterocycles. The molecule has 19 heavy (non-hydrogen) atoms. The molecule has 1 aromatic heterocycles. The molecule has 0 amide bonds. The van der Waals surface area contributed by atoms with E-state index in [9.17, 15) is 4.79 Å². The minimum absolute atomic E-state index is 0.471. The van der Waals surface area contributed by atoms with Gasteiger partial charge >= 0.3 is 0 Å². The Balaban J connectivity index is 2.29. The lowest BCUT2D eigenvalue weighted by atomic mass is 10.3. The quantitative estimate of drug-likeness (QED) is 0.497. The molecule has 5 heteroatoms. The van der Waals surface area contributed by atoms with Crippen LogP contribution in [-0.4, -0.2) is 22.8 Å². The maximum absolute atomic E-state index is 11.2. The molecule has 0 aliphatic heterocycles. The predicted octanol–water partition coefficient (Wildman–Crippen LogP) is 3.04. The molecule has 0 fully saturated rings. The minimum Gasteiger partial charge on any atom is -0.366 e. The fourth-order valence-corrected chi connectivity index (χ4v) is 2.35. The normalized spacial score (nSPS) is 9.89. The summed E-state index contributed by atoms with van der Waals surface area (Å²) in [7, 11) is 0. The zero-order chi connectivity index (χ0) is 13.5. The molecule has 2 rings (SSSR count). The van der Waals surface area contributed by atoms with Gasteiger partial charge < -0.3 is 5.32 Å². The maximum atomic E-state index is 11.2. The highest BCUT2D eigenvalue weighted by Crippen LogP contribution is 2.29. The predicted molar refractivity (Wildman–Crippen MR) is 76.7 cm³/mol. The Bertz CT molecular complexity index is 572. The van der Waals surface area contributed by atoms with Crippen molar-refractivity contribution in [3.8, 4) is 0 Å². The van der Waals surface area contributed by atoms with Crippen molar-refractivity contribution in [3.63, 3.8) is 0 Å². The molecule has 4 nitrogen and oxygen atoms in total. The van der Waals surface area contributed by atoms with Gasteiger partial charge in [0.05, 0.1) is 5.56 Å². The molecule has 2 aromatic rings. The first-order valence-electron chi connectivity index (χ1n) is 5.73. The van der Waals surface area contributed by atoms with E-state index in [2.05, 4.69) is 21.9 Å². The number of hydrogen-bond acceptors (Lipinski definition) is 5. The van der Waals surface area contributed by atoms with Gasteiger partial charge in [0.25, 0.3) is 0 Å². The van der Waals surface area contributed by atoms with Crippen LogP contribution in [0.1, 0.15) is 10.4 Å². The summed E-state index contributed by atoms with van der Waals surface area (Å²) >= 11 is 1.44. The molecule has 96 valence electrons. The van der Waals surface area contributed by atoms with Crippen LogP contribution in [0.3, 0.4) is 0 Å². The second-order valence-electron chi connectivity index (χ2n) is 3.64. The summed E-state index contributed by atoms with van der Waals surface area (Å²) in [5.41, 5.74) is 0.471. The fraction of sp³-hybridized carbons (Fsp3) is 0.0714. The van der Waals surface area contributed by atoms with E-state index in [0.29, 0.717) is 23.0 Å². The molecular formula is C14H13N3OS. The topological polar surface area (TPSA) is 54.9 Å². The molecule has 1 N–H and O–H groups in total. The van der Waals surface area contributed by atoms with Crippen LogP contribution in [0, 0.1) is 0 Å². The van der Waals surface area contributed by atoms with Crippen molar-refractivity contribution in [2.75, 3.05) is 11.9 Å². The highest BCUT2D eigenvalue weighted by Gasteiger charge is 2.11. The lowest BCUT2D eigenvalue weighted by Crippen LogP contribution is -2.05. The number of nitrogens with zero attached hydrogens (tertiary/aromatic N) is 2. The molecule has 0 radical (unpaired) electrons. The third-order valence-corrected chi connectivity index (χ3v) is 3.36. The number of hydrogen-bond donors (Lipinski definition) is 1. The lowest BCUT2D eigenvalue weighted by Gasteiger charge is -2.08. The number of aromatic nitrogens is 2. The van der Waals surface area contributed by atoms with Crippen molar-refractivity contribution in [1.82, 2.24) is 9.97 Å². The first-order chi connectivity index (χ1) is 9.35. The molecule has 1 aromatic carbocycles. The molecule has 0 saturated heterocycles. The monoisotopic (exact) mass is 271 g/mol. The van der Waals surface area contributed by atoms with Gasteiger partial charge in [-0.25, -0.2) is 9.97 Å². The van der Waals surface area contributed by atoms with E-state index in [1.165, 1.54) is 18.1 Å². The molecule has 0 unspecified atom stereocenters. The number of aldehydes is 1. The van der Waals surface area contributed by atoms with E-state index in [1.54, 1.807) is 6.08 Å². The third kappa shape index (κ3) is 3.42. The summed E-state index contributed by atoms with van der Waals surface area (Å²) in [6.07, 6.45) is 3.93. The molecule has 0 aliphatic carbocycles. The van der Waals surface area contributed by atoms with E-state index in [0.717, 1.165) is 11.2 Å². The molecule has 0 spiro atoms. The SMILES string of the molecule is C=CCNc1ncnc(Sc2ccccc2)c1C=O. The zero-order valence-electron chi connectivity index (χ0n) is 10.2. The van der Waals surface area contributed by atoms with Gasteiger partial charge in [-0.1, -0.05) is 36.0 Å². The van der Waals surface area contributed by atoms with Crippen molar-refractivity contribution in [2.24, 2.45) is 0 Å². The van der Waals surface area contributed by atoms with Crippen LogP contribution < -0.4 is 5.32 Å². The van der Waals surface area contributed by atoms with Gasteiger partial charge in [0.15, 0.2) is 6.29 Å². The summed E-state index contributed by atoms with van der Waals surface area (Å²) in [6, 6.07) is 9.78. The largest absolute Gasteiger partial charge is 0.366 e. The molecule has 0 atom stereocenters. The van der Waals surface area contributed by atoms with Crippen LogP contribution in [0.2, 0.25) is 0 Å². The van der Waals surface area contributed by atoms with Gasteiger partial charge in [-0.05, 0) is 12.1 Å². The van der Waals surface area contributed by atoms with Gasteiger partial charge in [-0.3, -0.25) is 4.79 Å². The number of benzene rings is 1. The molecule has 0 bridgehead atoms. The highest BCUT2D eigenvalue weighted by molar-refractivity contribution is 7.99. The number of carbonyl (C=O) groups excluding carboxylic acids is 1. The third-order valence-electron chi connectivity index (χ3n) is 2.34. The Morgan fingerprint density at radius 1 is 1.26 bits per heavy atom. The summed E-state index contributed by atoms with van der Waals surface area (Å²) in [6.45, 7) is 4.17. The van der Waals surface area contributed by atoms with Crippen LogP contribution in [0.25, 0.3) is 0 Å². The van der Waals surface area contributed by atoms with Crippen LogP contribution >= 0.6 is 11.8 Å². The Labute approximate surface area is 116 Å². The van der Waals surface area contributed by atoms with Gasteiger partial charge in [-0.15, -0.1) is 6.58 Å². The molecule has 0 saturated carbocycles. The van der Waals surface area contributed by atoms with Crippen LogP contribution in [0.4, 0.5) is 5.82 Å². The summed E-state index contributed by atoms with van der Waals surface area (Å²) in [5, 5.41) is 3.67. The number of rotatable bonds is 6. The average Bonchev–Trinajstić information content (AvgIpc) is 2.46. The first-order valence-corrected chi connectivity index (χ1v) is 6.54. The summed E-state index contributed by atoms with van der Waals surface area (Å²) in [4.78, 5) is 20.5. The number of anilines is 1. The first kappa shape index (κ1) is 13.3. The van der Waals surface area contributed by atoms with Gasteiger partial charge in [0.2, 0.25) is 0 Å².